The summed E-state index contributed by atoms with van der Waals surface area (Å²) in [6.45, 7) is 0.822. The lowest BCUT2D eigenvalue weighted by Gasteiger charge is -2.10. The lowest BCUT2D eigenvalue weighted by molar-refractivity contribution is 0.402. The molecule has 0 atom stereocenters. The second kappa shape index (κ2) is 8.17. The van der Waals surface area contributed by atoms with E-state index in [4.69, 9.17) is 0 Å². The maximum absolute atomic E-state index is 4.65. The summed E-state index contributed by atoms with van der Waals surface area (Å²) >= 11 is 0. The summed E-state index contributed by atoms with van der Waals surface area (Å²) in [4.78, 5) is 23.4. The SMILES string of the molecule is CN(C)Cc1cncc(-c2cc3c(-c4cc5c(-c6ccncc6)nccc5[nH]4)n[nH]c3cn2)c1. The van der Waals surface area contributed by atoms with Gasteiger partial charge in [0.25, 0.3) is 0 Å². The van der Waals surface area contributed by atoms with Crippen molar-refractivity contribution in [2.45, 2.75) is 6.54 Å². The van der Waals surface area contributed by atoms with Gasteiger partial charge in [0.1, 0.15) is 5.69 Å². The van der Waals surface area contributed by atoms with Crippen LogP contribution in [0, 0.1) is 0 Å². The lowest BCUT2D eigenvalue weighted by Crippen LogP contribution is -2.10. The summed E-state index contributed by atoms with van der Waals surface area (Å²) in [6.07, 6.45) is 10.9. The molecule has 166 valence electrons. The molecule has 2 N–H and O–H groups in total. The Hall–Kier alpha value is -4.43. The fourth-order valence-electron chi connectivity index (χ4n) is 4.28. The first kappa shape index (κ1) is 20.2. The number of nitrogens with zero attached hydrogens (tertiary/aromatic N) is 6. The van der Waals surface area contributed by atoms with Crippen LogP contribution in [0.25, 0.3) is 55.7 Å². The van der Waals surface area contributed by atoms with Crippen molar-refractivity contribution >= 4 is 21.8 Å². The number of fused-ring (bicyclic) bond motifs is 2. The summed E-state index contributed by atoms with van der Waals surface area (Å²) in [5, 5.41) is 9.75. The van der Waals surface area contributed by atoms with E-state index >= 15 is 0 Å². The molecule has 0 aliphatic rings. The van der Waals surface area contributed by atoms with E-state index in [1.807, 2.05) is 57.1 Å². The Morgan fingerprint density at radius 2 is 1.62 bits per heavy atom. The second-order valence-electron chi connectivity index (χ2n) is 8.55. The molecule has 34 heavy (non-hydrogen) atoms. The lowest BCUT2D eigenvalue weighted by atomic mass is 10.1. The molecule has 6 aromatic rings. The van der Waals surface area contributed by atoms with Crippen molar-refractivity contribution in [3.05, 3.63) is 79.1 Å². The minimum absolute atomic E-state index is 0.822. The zero-order chi connectivity index (χ0) is 23.1. The van der Waals surface area contributed by atoms with Crippen LogP contribution in [-0.4, -0.2) is 54.1 Å². The molecular formula is C26H22N8. The van der Waals surface area contributed by atoms with Crippen LogP contribution in [0.15, 0.2) is 73.6 Å². The second-order valence-corrected chi connectivity index (χ2v) is 8.55. The van der Waals surface area contributed by atoms with Gasteiger partial charge in [-0.25, -0.2) is 0 Å². The van der Waals surface area contributed by atoms with E-state index in [-0.39, 0.29) is 0 Å². The third-order valence-corrected chi connectivity index (χ3v) is 5.79. The van der Waals surface area contributed by atoms with Crippen molar-refractivity contribution in [2.75, 3.05) is 14.1 Å². The molecule has 0 amide bonds. The van der Waals surface area contributed by atoms with Crippen molar-refractivity contribution in [1.29, 1.82) is 0 Å². The average Bonchev–Trinajstić information content (AvgIpc) is 3.48. The number of hydrogen-bond donors (Lipinski definition) is 2. The minimum Gasteiger partial charge on any atom is -0.353 e. The molecule has 0 aromatic carbocycles. The van der Waals surface area contributed by atoms with Gasteiger partial charge in [-0.3, -0.25) is 25.0 Å². The number of hydrogen-bond acceptors (Lipinski definition) is 6. The van der Waals surface area contributed by atoms with Gasteiger partial charge in [-0.2, -0.15) is 5.10 Å². The first-order chi connectivity index (χ1) is 16.7. The minimum atomic E-state index is 0.822. The van der Waals surface area contributed by atoms with Gasteiger partial charge in [-0.05, 0) is 56.1 Å². The van der Waals surface area contributed by atoms with Crippen molar-refractivity contribution in [2.24, 2.45) is 0 Å². The maximum atomic E-state index is 4.65. The average molecular weight is 447 g/mol. The van der Waals surface area contributed by atoms with Crippen LogP contribution < -0.4 is 0 Å². The van der Waals surface area contributed by atoms with Gasteiger partial charge < -0.3 is 9.88 Å². The molecule has 0 unspecified atom stereocenters. The Morgan fingerprint density at radius 3 is 2.47 bits per heavy atom. The molecule has 0 saturated heterocycles. The van der Waals surface area contributed by atoms with Crippen LogP contribution >= 0.6 is 0 Å². The molecule has 8 heteroatoms. The smallest absolute Gasteiger partial charge is 0.116 e. The molecule has 6 aromatic heterocycles. The predicted molar refractivity (Wildman–Crippen MR) is 133 cm³/mol. The number of aromatic nitrogens is 7. The van der Waals surface area contributed by atoms with E-state index in [9.17, 15) is 0 Å². The van der Waals surface area contributed by atoms with E-state index in [2.05, 4.69) is 58.2 Å². The molecule has 0 saturated carbocycles. The van der Waals surface area contributed by atoms with E-state index in [1.165, 1.54) is 0 Å². The summed E-state index contributed by atoms with van der Waals surface area (Å²) in [5.74, 6) is 0. The predicted octanol–water partition coefficient (Wildman–Crippen LogP) is 4.69. The van der Waals surface area contributed by atoms with Gasteiger partial charge in [-0.1, -0.05) is 0 Å². The summed E-state index contributed by atoms with van der Waals surface area (Å²) in [7, 11) is 4.09. The Labute approximate surface area is 195 Å². The highest BCUT2D eigenvalue weighted by molar-refractivity contribution is 6.00. The highest BCUT2D eigenvalue weighted by Gasteiger charge is 2.15. The molecule has 6 heterocycles. The third-order valence-electron chi connectivity index (χ3n) is 5.79. The number of H-pyrrole nitrogens is 2. The largest absolute Gasteiger partial charge is 0.353 e. The van der Waals surface area contributed by atoms with Crippen LogP contribution in [-0.2, 0) is 6.54 Å². The highest BCUT2D eigenvalue weighted by Crippen LogP contribution is 2.33. The molecule has 0 aliphatic heterocycles. The van der Waals surface area contributed by atoms with E-state index in [0.29, 0.717) is 0 Å². The molecule has 8 nitrogen and oxygen atoms in total. The van der Waals surface area contributed by atoms with E-state index in [0.717, 1.165) is 67.8 Å². The Balaban J connectivity index is 1.45. The van der Waals surface area contributed by atoms with Crippen molar-refractivity contribution in [3.63, 3.8) is 0 Å². The van der Waals surface area contributed by atoms with Crippen molar-refractivity contribution in [1.82, 2.24) is 40.0 Å². The van der Waals surface area contributed by atoms with Crippen LogP contribution in [0.5, 0.6) is 0 Å². The zero-order valence-corrected chi connectivity index (χ0v) is 18.8. The Bertz CT molecular complexity index is 1610. The number of aromatic amines is 2. The van der Waals surface area contributed by atoms with Crippen LogP contribution in [0.2, 0.25) is 0 Å². The van der Waals surface area contributed by atoms with Gasteiger partial charge in [0.2, 0.25) is 0 Å². The molecule has 0 aliphatic carbocycles. The molecule has 0 fully saturated rings. The molecule has 0 bridgehead atoms. The normalized spacial score (nSPS) is 11.6. The molecule has 0 radical (unpaired) electrons. The van der Waals surface area contributed by atoms with Gasteiger partial charge in [0.05, 0.1) is 28.8 Å². The first-order valence-corrected chi connectivity index (χ1v) is 11.0. The first-order valence-electron chi connectivity index (χ1n) is 11.0. The van der Waals surface area contributed by atoms with Crippen LogP contribution in [0.4, 0.5) is 0 Å². The monoisotopic (exact) mass is 446 g/mol. The van der Waals surface area contributed by atoms with Crippen molar-refractivity contribution < 1.29 is 0 Å². The number of rotatable bonds is 5. The van der Waals surface area contributed by atoms with Crippen molar-refractivity contribution in [3.8, 4) is 33.9 Å². The van der Waals surface area contributed by atoms with Gasteiger partial charge in [0, 0.05) is 64.9 Å². The standard InChI is InChI=1S/C26H22N8/c1-34(2)15-16-9-18(13-28-12-16)22-10-20-24(14-30-22)32-33-26(20)23-11-19-21(31-23)5-8-29-25(19)17-3-6-27-7-4-17/h3-14,31H,15H2,1-2H3,(H,32,33). The van der Waals surface area contributed by atoms with E-state index < -0.39 is 0 Å². The summed E-state index contributed by atoms with van der Waals surface area (Å²) < 4.78 is 0. The molecule has 0 spiro atoms. The number of nitrogens with one attached hydrogen (secondary N) is 2. The molecular weight excluding hydrogens is 424 g/mol. The quantitative estimate of drug-likeness (QED) is 0.399. The maximum Gasteiger partial charge on any atom is 0.116 e. The van der Waals surface area contributed by atoms with Gasteiger partial charge >= 0.3 is 0 Å². The Kier molecular flexibility index (Phi) is 4.85. The summed E-state index contributed by atoms with van der Waals surface area (Å²) in [5.41, 5.74) is 8.55. The Morgan fingerprint density at radius 1 is 0.765 bits per heavy atom. The third kappa shape index (κ3) is 3.60. The van der Waals surface area contributed by atoms with Gasteiger partial charge in [-0.15, -0.1) is 0 Å². The topological polar surface area (TPSA) is 99.3 Å². The molecule has 6 rings (SSSR count). The van der Waals surface area contributed by atoms with Crippen LogP contribution in [0.1, 0.15) is 5.56 Å². The van der Waals surface area contributed by atoms with E-state index in [1.54, 1.807) is 12.4 Å². The fourth-order valence-corrected chi connectivity index (χ4v) is 4.28. The highest BCUT2D eigenvalue weighted by atomic mass is 15.1. The fraction of sp³-hybridized carbons (Fsp3) is 0.115. The van der Waals surface area contributed by atoms with Gasteiger partial charge in [0.15, 0.2) is 0 Å². The van der Waals surface area contributed by atoms with Crippen LogP contribution in [0.3, 0.4) is 0 Å². The summed E-state index contributed by atoms with van der Waals surface area (Å²) in [6, 6.07) is 12.2. The number of pyridine rings is 4. The zero-order valence-electron chi connectivity index (χ0n) is 18.8.